The van der Waals surface area contributed by atoms with Crippen molar-refractivity contribution in [2.75, 3.05) is 6.61 Å². The van der Waals surface area contributed by atoms with Gasteiger partial charge < -0.3 is 5.11 Å². The fourth-order valence-electron chi connectivity index (χ4n) is 2.06. The standard InChI is InChI=1S/C15H30O2/c1-2-3-4-5-6-7-8-9-10-11-12-15(17)13-14-16/h16H,2-14H2,1H3. The zero-order valence-electron chi connectivity index (χ0n) is 11.5. The lowest BCUT2D eigenvalue weighted by atomic mass is 10.0. The molecule has 0 aliphatic rings. The molecule has 0 radical (unpaired) electrons. The van der Waals surface area contributed by atoms with Gasteiger partial charge in [0, 0.05) is 19.4 Å². The maximum atomic E-state index is 11.1. The first-order chi connectivity index (χ1) is 8.31. The Morgan fingerprint density at radius 2 is 1.24 bits per heavy atom. The van der Waals surface area contributed by atoms with Crippen molar-refractivity contribution in [1.82, 2.24) is 0 Å². The molecule has 0 aliphatic carbocycles. The van der Waals surface area contributed by atoms with Crippen molar-refractivity contribution in [3.05, 3.63) is 0 Å². The molecule has 0 spiro atoms. The highest BCUT2D eigenvalue weighted by Crippen LogP contribution is 2.11. The molecule has 0 bridgehead atoms. The molecule has 0 rings (SSSR count). The van der Waals surface area contributed by atoms with Gasteiger partial charge in [0.05, 0.1) is 0 Å². The predicted octanol–water partition coefficient (Wildman–Crippen LogP) is 4.25. The molecule has 0 aliphatic heterocycles. The zero-order chi connectivity index (χ0) is 12.8. The number of hydrogen-bond donors (Lipinski definition) is 1. The Morgan fingerprint density at radius 3 is 1.71 bits per heavy atom. The van der Waals surface area contributed by atoms with Crippen molar-refractivity contribution in [2.24, 2.45) is 0 Å². The molecule has 0 amide bonds. The molecule has 0 aromatic rings. The first kappa shape index (κ1) is 16.6. The van der Waals surface area contributed by atoms with Crippen LogP contribution in [0.4, 0.5) is 0 Å². The summed E-state index contributed by atoms with van der Waals surface area (Å²) in [6.45, 7) is 2.26. The molecule has 1 N–H and O–H groups in total. The maximum absolute atomic E-state index is 11.1. The predicted molar refractivity (Wildman–Crippen MR) is 73.2 cm³/mol. The van der Waals surface area contributed by atoms with E-state index in [1.807, 2.05) is 0 Å². The van der Waals surface area contributed by atoms with Crippen molar-refractivity contribution in [2.45, 2.75) is 84.0 Å². The van der Waals surface area contributed by atoms with E-state index in [1.54, 1.807) is 0 Å². The van der Waals surface area contributed by atoms with Crippen LogP contribution in [0.15, 0.2) is 0 Å². The van der Waals surface area contributed by atoms with Crippen molar-refractivity contribution in [3.63, 3.8) is 0 Å². The molecular formula is C15H30O2. The number of rotatable bonds is 13. The molecule has 0 fully saturated rings. The summed E-state index contributed by atoms with van der Waals surface area (Å²) in [7, 11) is 0. The van der Waals surface area contributed by atoms with Crippen LogP contribution in [0.3, 0.4) is 0 Å². The Kier molecular flexibility index (Phi) is 13.4. The molecule has 2 heteroatoms. The molecule has 17 heavy (non-hydrogen) atoms. The van der Waals surface area contributed by atoms with Crippen LogP contribution in [0, 0.1) is 0 Å². The number of aliphatic hydroxyl groups excluding tert-OH is 1. The molecule has 0 saturated carbocycles. The highest BCUT2D eigenvalue weighted by Gasteiger charge is 2.00. The van der Waals surface area contributed by atoms with E-state index in [-0.39, 0.29) is 12.4 Å². The van der Waals surface area contributed by atoms with Crippen LogP contribution < -0.4 is 0 Å². The Hall–Kier alpha value is -0.370. The average Bonchev–Trinajstić information content (AvgIpc) is 2.32. The van der Waals surface area contributed by atoms with Crippen molar-refractivity contribution in [1.29, 1.82) is 0 Å². The van der Waals surface area contributed by atoms with Gasteiger partial charge in [0.2, 0.25) is 0 Å². The summed E-state index contributed by atoms with van der Waals surface area (Å²) >= 11 is 0. The molecule has 102 valence electrons. The lowest BCUT2D eigenvalue weighted by Gasteiger charge is -2.02. The smallest absolute Gasteiger partial charge is 0.135 e. The molecule has 0 saturated heterocycles. The molecule has 0 aromatic heterocycles. The first-order valence-electron chi connectivity index (χ1n) is 7.43. The number of unbranched alkanes of at least 4 members (excludes halogenated alkanes) is 9. The summed E-state index contributed by atoms with van der Waals surface area (Å²) in [5.41, 5.74) is 0. The normalized spacial score (nSPS) is 10.7. The highest BCUT2D eigenvalue weighted by atomic mass is 16.3. The number of carbonyl (C=O) groups is 1. The van der Waals surface area contributed by atoms with E-state index in [9.17, 15) is 4.79 Å². The highest BCUT2D eigenvalue weighted by molar-refractivity contribution is 5.78. The number of ketones is 1. The van der Waals surface area contributed by atoms with Gasteiger partial charge >= 0.3 is 0 Å². The number of carbonyl (C=O) groups excluding carboxylic acids is 1. The van der Waals surface area contributed by atoms with Crippen LogP contribution >= 0.6 is 0 Å². The molecule has 0 aromatic carbocycles. The molecule has 0 atom stereocenters. The van der Waals surface area contributed by atoms with Crippen LogP contribution in [0.25, 0.3) is 0 Å². The lowest BCUT2D eigenvalue weighted by Crippen LogP contribution is -2.00. The molecule has 2 nitrogen and oxygen atoms in total. The third-order valence-corrected chi connectivity index (χ3v) is 3.20. The van der Waals surface area contributed by atoms with Crippen LogP contribution in [0.5, 0.6) is 0 Å². The summed E-state index contributed by atoms with van der Waals surface area (Å²) in [6, 6.07) is 0. The van der Waals surface area contributed by atoms with Crippen LogP contribution in [0.2, 0.25) is 0 Å². The van der Waals surface area contributed by atoms with Crippen LogP contribution in [-0.4, -0.2) is 17.5 Å². The van der Waals surface area contributed by atoms with Crippen LogP contribution in [0.1, 0.15) is 84.0 Å². The third kappa shape index (κ3) is 13.6. The summed E-state index contributed by atoms with van der Waals surface area (Å²) in [5.74, 6) is 0.215. The minimum Gasteiger partial charge on any atom is -0.396 e. The van der Waals surface area contributed by atoms with Crippen molar-refractivity contribution < 1.29 is 9.90 Å². The fourth-order valence-corrected chi connectivity index (χ4v) is 2.06. The monoisotopic (exact) mass is 242 g/mol. The summed E-state index contributed by atoms with van der Waals surface area (Å²) in [4.78, 5) is 11.1. The quantitative estimate of drug-likeness (QED) is 0.490. The summed E-state index contributed by atoms with van der Waals surface area (Å²) in [5, 5.41) is 8.58. The minimum absolute atomic E-state index is 0.0105. The van der Waals surface area contributed by atoms with E-state index in [2.05, 4.69) is 6.92 Å². The van der Waals surface area contributed by atoms with Gasteiger partial charge in [-0.15, -0.1) is 0 Å². The Balaban J connectivity index is 3.01. The largest absolute Gasteiger partial charge is 0.396 e. The third-order valence-electron chi connectivity index (χ3n) is 3.20. The minimum atomic E-state index is 0.0105. The number of aliphatic hydroxyl groups is 1. The van der Waals surface area contributed by atoms with E-state index < -0.39 is 0 Å². The van der Waals surface area contributed by atoms with Gasteiger partial charge in [-0.2, -0.15) is 0 Å². The van der Waals surface area contributed by atoms with E-state index in [0.29, 0.717) is 12.8 Å². The van der Waals surface area contributed by atoms with Gasteiger partial charge in [-0.25, -0.2) is 0 Å². The van der Waals surface area contributed by atoms with E-state index in [4.69, 9.17) is 5.11 Å². The van der Waals surface area contributed by atoms with Gasteiger partial charge in [0.25, 0.3) is 0 Å². The second-order valence-corrected chi connectivity index (χ2v) is 4.94. The van der Waals surface area contributed by atoms with Gasteiger partial charge in [-0.3, -0.25) is 4.79 Å². The van der Waals surface area contributed by atoms with Crippen LogP contribution in [-0.2, 0) is 4.79 Å². The van der Waals surface area contributed by atoms with E-state index in [1.165, 1.54) is 57.8 Å². The van der Waals surface area contributed by atoms with E-state index >= 15 is 0 Å². The number of Topliss-reactive ketones (excluding diaryl/α,β-unsaturated/α-hetero) is 1. The lowest BCUT2D eigenvalue weighted by molar-refractivity contribution is -0.119. The number of hydrogen-bond acceptors (Lipinski definition) is 2. The first-order valence-corrected chi connectivity index (χ1v) is 7.43. The SMILES string of the molecule is CCCCCCCCCCCCC(=O)CCO. The summed E-state index contributed by atoms with van der Waals surface area (Å²) < 4.78 is 0. The Morgan fingerprint density at radius 1 is 0.765 bits per heavy atom. The zero-order valence-corrected chi connectivity index (χ0v) is 11.5. The second-order valence-electron chi connectivity index (χ2n) is 4.94. The van der Waals surface area contributed by atoms with Crippen molar-refractivity contribution in [3.8, 4) is 0 Å². The van der Waals surface area contributed by atoms with Gasteiger partial charge in [-0.1, -0.05) is 64.7 Å². The Labute approximate surface area is 107 Å². The van der Waals surface area contributed by atoms with E-state index in [0.717, 1.165) is 6.42 Å². The molecule has 0 unspecified atom stereocenters. The topological polar surface area (TPSA) is 37.3 Å². The molecular weight excluding hydrogens is 212 g/mol. The average molecular weight is 242 g/mol. The van der Waals surface area contributed by atoms with Gasteiger partial charge in [0.1, 0.15) is 5.78 Å². The fraction of sp³-hybridized carbons (Fsp3) is 0.933. The Bertz CT molecular complexity index is 166. The van der Waals surface area contributed by atoms with Gasteiger partial charge in [0.15, 0.2) is 0 Å². The second kappa shape index (κ2) is 13.7. The molecule has 0 heterocycles. The van der Waals surface area contributed by atoms with Gasteiger partial charge in [-0.05, 0) is 6.42 Å². The summed E-state index contributed by atoms with van der Waals surface area (Å²) in [6.07, 6.45) is 14.0. The van der Waals surface area contributed by atoms with Crippen molar-refractivity contribution >= 4 is 5.78 Å². The maximum Gasteiger partial charge on any atom is 0.135 e.